The molecule has 1 aliphatic carbocycles. The molecule has 0 spiro atoms. The normalized spacial score (nSPS) is 16.3. The minimum absolute atomic E-state index is 0.152. The number of hydrogen-bond donors (Lipinski definition) is 1. The molecular weight excluding hydrogens is 126 g/mol. The predicted molar refractivity (Wildman–Crippen MR) is 39.4 cm³/mol. The van der Waals surface area contributed by atoms with E-state index in [4.69, 9.17) is 6.42 Å². The summed E-state index contributed by atoms with van der Waals surface area (Å²) in [5.41, 5.74) is 0. The van der Waals surface area contributed by atoms with Crippen LogP contribution in [0.5, 0.6) is 0 Å². The van der Waals surface area contributed by atoms with Crippen LogP contribution in [0, 0.1) is 18.3 Å². The van der Waals surface area contributed by atoms with Gasteiger partial charge in [-0.05, 0) is 31.2 Å². The molecule has 2 heteroatoms. The maximum Gasteiger partial charge on any atom is 0.218 e. The third-order valence-electron chi connectivity index (χ3n) is 1.58. The lowest BCUT2D eigenvalue weighted by molar-refractivity contribution is -0.113. The highest BCUT2D eigenvalue weighted by Crippen LogP contribution is 2.27. The molecule has 0 heterocycles. The Morgan fingerprint density at radius 2 is 2.40 bits per heavy atom. The van der Waals surface area contributed by atoms with Gasteiger partial charge in [0.1, 0.15) is 0 Å². The van der Waals surface area contributed by atoms with E-state index in [-0.39, 0.29) is 5.78 Å². The van der Waals surface area contributed by atoms with E-state index in [1.54, 1.807) is 0 Å². The summed E-state index contributed by atoms with van der Waals surface area (Å²) in [4.78, 5) is 10.5. The molecular formula is C8H11NO. The minimum atomic E-state index is -0.152. The predicted octanol–water partition coefficient (Wildman–Crippen LogP) is 0.188. The molecule has 1 rings (SSSR count). The lowest BCUT2D eigenvalue weighted by atomic mass is 10.4. The van der Waals surface area contributed by atoms with Crippen molar-refractivity contribution >= 4 is 5.78 Å². The van der Waals surface area contributed by atoms with Gasteiger partial charge in [-0.2, -0.15) is 0 Å². The maximum atomic E-state index is 10.5. The number of carbonyl (C=O) groups excluding carboxylic acids is 1. The highest BCUT2D eigenvalue weighted by atomic mass is 16.1. The first-order valence-corrected chi connectivity index (χ1v) is 3.53. The summed E-state index contributed by atoms with van der Waals surface area (Å²) in [6.45, 7) is 1.29. The van der Waals surface area contributed by atoms with Gasteiger partial charge < -0.3 is 5.32 Å². The SMILES string of the molecule is C#CC(=O)CNCC1CC1. The van der Waals surface area contributed by atoms with Crippen LogP contribution in [0.1, 0.15) is 12.8 Å². The molecule has 0 bridgehead atoms. The fourth-order valence-electron chi connectivity index (χ4n) is 0.763. The second-order valence-corrected chi connectivity index (χ2v) is 2.64. The van der Waals surface area contributed by atoms with Gasteiger partial charge in [0.15, 0.2) is 0 Å². The van der Waals surface area contributed by atoms with E-state index < -0.39 is 0 Å². The monoisotopic (exact) mass is 137 g/mol. The number of ketones is 1. The van der Waals surface area contributed by atoms with Crippen LogP contribution in [0.2, 0.25) is 0 Å². The summed E-state index contributed by atoms with van der Waals surface area (Å²) in [6, 6.07) is 0. The molecule has 0 amide bonds. The van der Waals surface area contributed by atoms with E-state index in [0.29, 0.717) is 6.54 Å². The smallest absolute Gasteiger partial charge is 0.218 e. The molecule has 10 heavy (non-hydrogen) atoms. The highest BCUT2D eigenvalue weighted by Gasteiger charge is 2.20. The fraction of sp³-hybridized carbons (Fsp3) is 0.625. The number of rotatable bonds is 4. The third-order valence-corrected chi connectivity index (χ3v) is 1.58. The van der Waals surface area contributed by atoms with Gasteiger partial charge in [-0.15, -0.1) is 6.42 Å². The van der Waals surface area contributed by atoms with Crippen LogP contribution in [0.15, 0.2) is 0 Å². The lowest BCUT2D eigenvalue weighted by Crippen LogP contribution is -2.23. The third kappa shape index (κ3) is 2.65. The molecule has 2 nitrogen and oxygen atoms in total. The first-order chi connectivity index (χ1) is 4.83. The number of nitrogens with one attached hydrogen (secondary N) is 1. The number of hydrogen-bond acceptors (Lipinski definition) is 2. The van der Waals surface area contributed by atoms with Crippen molar-refractivity contribution in [3.8, 4) is 12.3 Å². The Balaban J connectivity index is 1.94. The van der Waals surface area contributed by atoms with Gasteiger partial charge in [0.05, 0.1) is 6.54 Å². The Kier molecular flexibility index (Phi) is 2.47. The van der Waals surface area contributed by atoms with Gasteiger partial charge in [0, 0.05) is 0 Å². The van der Waals surface area contributed by atoms with Crippen LogP contribution < -0.4 is 5.32 Å². The van der Waals surface area contributed by atoms with Gasteiger partial charge in [-0.25, -0.2) is 0 Å². The number of terminal acetylenes is 1. The van der Waals surface area contributed by atoms with Crippen molar-refractivity contribution < 1.29 is 4.79 Å². The Hall–Kier alpha value is -0.810. The molecule has 0 atom stereocenters. The standard InChI is InChI=1S/C8H11NO/c1-2-8(10)6-9-5-7-3-4-7/h1,7,9H,3-6H2. The lowest BCUT2D eigenvalue weighted by Gasteiger charge is -1.96. The van der Waals surface area contributed by atoms with Crippen molar-refractivity contribution in [1.29, 1.82) is 0 Å². The molecule has 1 aliphatic rings. The van der Waals surface area contributed by atoms with Gasteiger partial charge >= 0.3 is 0 Å². The van der Waals surface area contributed by atoms with E-state index in [0.717, 1.165) is 12.5 Å². The summed E-state index contributed by atoms with van der Waals surface area (Å²) >= 11 is 0. The summed E-state index contributed by atoms with van der Waals surface area (Å²) < 4.78 is 0. The highest BCUT2D eigenvalue weighted by molar-refractivity contribution is 5.96. The number of carbonyl (C=O) groups is 1. The second-order valence-electron chi connectivity index (χ2n) is 2.64. The zero-order chi connectivity index (χ0) is 7.40. The van der Waals surface area contributed by atoms with Crippen molar-refractivity contribution in [3.05, 3.63) is 0 Å². The largest absolute Gasteiger partial charge is 0.309 e. The topological polar surface area (TPSA) is 29.1 Å². The molecule has 0 aliphatic heterocycles. The Morgan fingerprint density at radius 3 is 2.90 bits per heavy atom. The second kappa shape index (κ2) is 3.38. The molecule has 54 valence electrons. The van der Waals surface area contributed by atoms with Crippen molar-refractivity contribution in [2.24, 2.45) is 5.92 Å². The van der Waals surface area contributed by atoms with Gasteiger partial charge in [0.25, 0.3) is 0 Å². The Bertz CT molecular complexity index is 165. The molecule has 0 radical (unpaired) electrons. The van der Waals surface area contributed by atoms with Crippen molar-refractivity contribution in [3.63, 3.8) is 0 Å². The first-order valence-electron chi connectivity index (χ1n) is 3.53. The van der Waals surface area contributed by atoms with E-state index in [1.165, 1.54) is 12.8 Å². The van der Waals surface area contributed by atoms with E-state index in [9.17, 15) is 4.79 Å². The minimum Gasteiger partial charge on any atom is -0.309 e. The molecule has 0 aromatic heterocycles. The van der Waals surface area contributed by atoms with Crippen LogP contribution >= 0.6 is 0 Å². The van der Waals surface area contributed by atoms with Crippen LogP contribution in [-0.4, -0.2) is 18.9 Å². The Labute approximate surface area is 61.0 Å². The average Bonchev–Trinajstić information content (AvgIpc) is 2.71. The summed E-state index contributed by atoms with van der Waals surface area (Å²) in [5, 5.41) is 3.01. The van der Waals surface area contributed by atoms with E-state index in [2.05, 4.69) is 11.2 Å². The van der Waals surface area contributed by atoms with Crippen molar-refractivity contribution in [1.82, 2.24) is 5.32 Å². The summed E-state index contributed by atoms with van der Waals surface area (Å²) in [5.74, 6) is 2.72. The zero-order valence-corrected chi connectivity index (χ0v) is 5.89. The van der Waals surface area contributed by atoms with Crippen molar-refractivity contribution in [2.75, 3.05) is 13.1 Å². The molecule has 0 saturated heterocycles. The Morgan fingerprint density at radius 1 is 1.70 bits per heavy atom. The first kappa shape index (κ1) is 7.30. The maximum absolute atomic E-state index is 10.5. The van der Waals surface area contributed by atoms with Crippen molar-refractivity contribution in [2.45, 2.75) is 12.8 Å². The van der Waals surface area contributed by atoms with E-state index in [1.807, 2.05) is 0 Å². The quantitative estimate of drug-likeness (QED) is 0.442. The fourth-order valence-corrected chi connectivity index (χ4v) is 0.763. The molecule has 1 saturated carbocycles. The molecule has 0 aromatic rings. The van der Waals surface area contributed by atoms with Crippen LogP contribution in [0.3, 0.4) is 0 Å². The number of Topliss-reactive ketones (excluding diaryl/α,β-unsaturated/α-hetero) is 1. The molecule has 1 N–H and O–H groups in total. The van der Waals surface area contributed by atoms with Gasteiger partial charge in [-0.1, -0.05) is 0 Å². The molecule has 0 unspecified atom stereocenters. The van der Waals surface area contributed by atoms with E-state index >= 15 is 0 Å². The summed E-state index contributed by atoms with van der Waals surface area (Å²) in [7, 11) is 0. The van der Waals surface area contributed by atoms with Crippen LogP contribution in [0.25, 0.3) is 0 Å². The van der Waals surface area contributed by atoms with Gasteiger partial charge in [-0.3, -0.25) is 4.79 Å². The zero-order valence-electron chi connectivity index (χ0n) is 5.89. The average molecular weight is 137 g/mol. The van der Waals surface area contributed by atoms with Crippen LogP contribution in [-0.2, 0) is 4.79 Å². The van der Waals surface area contributed by atoms with Crippen LogP contribution in [0.4, 0.5) is 0 Å². The van der Waals surface area contributed by atoms with Gasteiger partial charge in [0.2, 0.25) is 5.78 Å². The summed E-state index contributed by atoms with van der Waals surface area (Å²) in [6.07, 6.45) is 7.47. The molecule has 1 fully saturated rings. The molecule has 0 aromatic carbocycles.